The zero-order valence-electron chi connectivity index (χ0n) is 17.3. The number of ether oxygens (including phenoxy) is 1. The molecular formula is C21H30BrNO4Si. The van der Waals surface area contributed by atoms with E-state index in [2.05, 4.69) is 56.4 Å². The highest BCUT2D eigenvalue weighted by molar-refractivity contribution is 9.11. The number of nitrogens with zero attached hydrogens (tertiary/aromatic N) is 1. The summed E-state index contributed by atoms with van der Waals surface area (Å²) in [6, 6.07) is 9.48. The average Bonchev–Trinajstić information content (AvgIpc) is 2.94. The lowest BCUT2D eigenvalue weighted by Gasteiger charge is -2.39. The Hall–Kier alpha value is -1.44. The van der Waals surface area contributed by atoms with Crippen LogP contribution in [0.2, 0.25) is 18.1 Å². The van der Waals surface area contributed by atoms with Gasteiger partial charge in [-0.2, -0.15) is 0 Å². The number of rotatable bonds is 7. The Kier molecular flexibility index (Phi) is 7.28. The van der Waals surface area contributed by atoms with Gasteiger partial charge in [0.1, 0.15) is 6.61 Å². The van der Waals surface area contributed by atoms with Crippen molar-refractivity contribution < 1.29 is 18.8 Å². The van der Waals surface area contributed by atoms with E-state index in [1.54, 1.807) is 0 Å². The first-order valence-corrected chi connectivity index (χ1v) is 13.2. The van der Waals surface area contributed by atoms with Gasteiger partial charge in [0.15, 0.2) is 8.32 Å². The van der Waals surface area contributed by atoms with Crippen LogP contribution in [0, 0.1) is 0 Å². The summed E-state index contributed by atoms with van der Waals surface area (Å²) in [4.78, 5) is 26.5. The maximum Gasteiger partial charge on any atom is 0.416 e. The second-order valence-corrected chi connectivity index (χ2v) is 14.5. The normalized spacial score (nSPS) is 18.7. The monoisotopic (exact) mass is 467 g/mol. The number of carbonyl (C=O) groups excluding carboxylic acids is 2. The van der Waals surface area contributed by atoms with Crippen molar-refractivity contribution in [2.45, 2.75) is 63.9 Å². The SMILES string of the molecule is C=C(Br)[C@H](CC(=O)N1C(=O)OC[C@@H]1Cc1ccccc1)O[Si](C)(C)C(C)(C)C. The molecule has 7 heteroatoms. The maximum absolute atomic E-state index is 13.0. The van der Waals surface area contributed by atoms with Gasteiger partial charge in [-0.3, -0.25) is 4.79 Å². The van der Waals surface area contributed by atoms with Crippen molar-refractivity contribution in [2.75, 3.05) is 6.61 Å². The molecule has 2 amide bonds. The molecule has 0 N–H and O–H groups in total. The third kappa shape index (κ3) is 5.55. The highest BCUT2D eigenvalue weighted by atomic mass is 79.9. The third-order valence-electron chi connectivity index (χ3n) is 5.50. The molecule has 1 saturated heterocycles. The lowest BCUT2D eigenvalue weighted by Crippen LogP contribution is -2.46. The number of carbonyl (C=O) groups is 2. The molecule has 0 radical (unpaired) electrons. The van der Waals surface area contributed by atoms with E-state index in [-0.39, 0.29) is 30.0 Å². The summed E-state index contributed by atoms with van der Waals surface area (Å²) < 4.78 is 12.2. The van der Waals surface area contributed by atoms with Crippen molar-refractivity contribution in [3.05, 3.63) is 47.0 Å². The molecule has 5 nitrogen and oxygen atoms in total. The van der Waals surface area contributed by atoms with Crippen molar-refractivity contribution in [1.82, 2.24) is 4.90 Å². The lowest BCUT2D eigenvalue weighted by molar-refractivity contribution is -0.130. The minimum absolute atomic E-state index is 0.000826. The van der Waals surface area contributed by atoms with Crippen LogP contribution in [0.25, 0.3) is 0 Å². The van der Waals surface area contributed by atoms with E-state index in [0.29, 0.717) is 10.9 Å². The highest BCUT2D eigenvalue weighted by Gasteiger charge is 2.42. The van der Waals surface area contributed by atoms with Gasteiger partial charge in [-0.1, -0.05) is 73.6 Å². The fourth-order valence-electron chi connectivity index (χ4n) is 2.81. The molecule has 154 valence electrons. The number of cyclic esters (lactones) is 1. The fraction of sp³-hybridized carbons (Fsp3) is 0.524. The largest absolute Gasteiger partial charge is 0.447 e. The van der Waals surface area contributed by atoms with Gasteiger partial charge in [-0.25, -0.2) is 9.69 Å². The van der Waals surface area contributed by atoms with E-state index in [9.17, 15) is 9.59 Å². The van der Waals surface area contributed by atoms with Gasteiger partial charge < -0.3 is 9.16 Å². The molecule has 1 aliphatic rings. The average molecular weight is 468 g/mol. The predicted molar refractivity (Wildman–Crippen MR) is 117 cm³/mol. The third-order valence-corrected chi connectivity index (χ3v) is 10.5. The standard InChI is InChI=1S/C21H30BrNO4Si/c1-15(22)18(27-28(5,6)21(2,3)4)13-19(24)23-17(14-26-20(23)25)12-16-10-8-7-9-11-16/h7-11,17-18H,1,12-14H2,2-6H3/t17-,18-/m0/s1. The summed E-state index contributed by atoms with van der Waals surface area (Å²) >= 11 is 3.40. The number of hydrogen-bond acceptors (Lipinski definition) is 4. The van der Waals surface area contributed by atoms with Crippen molar-refractivity contribution in [3.63, 3.8) is 0 Å². The Bertz CT molecular complexity index is 730. The van der Waals surface area contributed by atoms with Crippen LogP contribution < -0.4 is 0 Å². The highest BCUT2D eigenvalue weighted by Crippen LogP contribution is 2.39. The van der Waals surface area contributed by atoms with Crippen molar-refractivity contribution in [3.8, 4) is 0 Å². The lowest BCUT2D eigenvalue weighted by atomic mass is 10.1. The van der Waals surface area contributed by atoms with Gasteiger partial charge >= 0.3 is 6.09 Å². The number of imide groups is 1. The fourth-order valence-corrected chi connectivity index (χ4v) is 4.53. The molecule has 0 unspecified atom stereocenters. The van der Waals surface area contributed by atoms with Crippen LogP contribution in [0.5, 0.6) is 0 Å². The van der Waals surface area contributed by atoms with Crippen molar-refractivity contribution in [1.29, 1.82) is 0 Å². The van der Waals surface area contributed by atoms with Crippen LogP contribution >= 0.6 is 15.9 Å². The number of amides is 2. The van der Waals surface area contributed by atoms with Crippen molar-refractivity contribution in [2.24, 2.45) is 0 Å². The Morgan fingerprint density at radius 3 is 2.50 bits per heavy atom. The predicted octanol–water partition coefficient (Wildman–Crippen LogP) is 5.27. The molecule has 28 heavy (non-hydrogen) atoms. The van der Waals surface area contributed by atoms with Crippen molar-refractivity contribution >= 4 is 36.2 Å². The molecule has 1 aromatic carbocycles. The van der Waals surface area contributed by atoms with E-state index < -0.39 is 20.5 Å². The summed E-state index contributed by atoms with van der Waals surface area (Å²) in [5, 5.41) is -0.000826. The van der Waals surface area contributed by atoms with Crippen LogP contribution in [0.15, 0.2) is 41.4 Å². The van der Waals surface area contributed by atoms with Crippen LogP contribution in [-0.4, -0.2) is 44.0 Å². The molecule has 1 aromatic rings. The second kappa shape index (κ2) is 8.92. The molecule has 1 fully saturated rings. The minimum atomic E-state index is -2.11. The second-order valence-electron chi connectivity index (χ2n) is 8.70. The van der Waals surface area contributed by atoms with Gasteiger partial charge in [0.25, 0.3) is 0 Å². The summed E-state index contributed by atoms with van der Waals surface area (Å²) in [5.74, 6) is -0.298. The van der Waals surface area contributed by atoms with Crippen LogP contribution in [0.3, 0.4) is 0 Å². The van der Waals surface area contributed by atoms with Gasteiger partial charge in [-0.05, 0) is 30.1 Å². The van der Waals surface area contributed by atoms with E-state index in [1.165, 1.54) is 4.90 Å². The Labute approximate surface area is 177 Å². The topological polar surface area (TPSA) is 55.8 Å². The number of hydrogen-bond donors (Lipinski definition) is 0. The first-order chi connectivity index (χ1) is 12.9. The molecule has 0 spiro atoms. The molecule has 0 aromatic heterocycles. The Balaban J connectivity index is 2.12. The molecule has 0 bridgehead atoms. The van der Waals surface area contributed by atoms with Gasteiger partial charge in [0, 0.05) is 4.48 Å². The molecule has 0 saturated carbocycles. The van der Waals surface area contributed by atoms with Gasteiger partial charge in [0.2, 0.25) is 5.91 Å². The van der Waals surface area contributed by atoms with E-state index >= 15 is 0 Å². The van der Waals surface area contributed by atoms with Crippen LogP contribution in [0.1, 0.15) is 32.8 Å². The first kappa shape index (κ1) is 22.8. The van der Waals surface area contributed by atoms with E-state index in [0.717, 1.165) is 5.56 Å². The molecule has 2 rings (SSSR count). The number of halogens is 1. The number of benzene rings is 1. The summed E-state index contributed by atoms with van der Waals surface area (Å²) in [7, 11) is -2.11. The van der Waals surface area contributed by atoms with Crippen LogP contribution in [0.4, 0.5) is 4.79 Å². The molecule has 1 aliphatic heterocycles. The summed E-state index contributed by atoms with van der Waals surface area (Å²) in [6.45, 7) is 14.8. The minimum Gasteiger partial charge on any atom is -0.447 e. The van der Waals surface area contributed by atoms with Gasteiger partial charge in [0.05, 0.1) is 18.6 Å². The Morgan fingerprint density at radius 2 is 1.96 bits per heavy atom. The zero-order valence-corrected chi connectivity index (χ0v) is 19.9. The summed E-state index contributed by atoms with van der Waals surface area (Å²) in [5.41, 5.74) is 1.06. The van der Waals surface area contributed by atoms with E-state index in [1.807, 2.05) is 30.3 Å². The van der Waals surface area contributed by atoms with E-state index in [4.69, 9.17) is 9.16 Å². The molecule has 0 aliphatic carbocycles. The zero-order chi connectivity index (χ0) is 21.1. The molecule has 1 heterocycles. The van der Waals surface area contributed by atoms with Crippen LogP contribution in [-0.2, 0) is 20.4 Å². The smallest absolute Gasteiger partial charge is 0.416 e. The Morgan fingerprint density at radius 1 is 1.36 bits per heavy atom. The van der Waals surface area contributed by atoms with Gasteiger partial charge in [-0.15, -0.1) is 0 Å². The first-order valence-electron chi connectivity index (χ1n) is 9.47. The maximum atomic E-state index is 13.0. The molecular weight excluding hydrogens is 438 g/mol. The quantitative estimate of drug-likeness (QED) is 0.512. The molecule has 2 atom stereocenters. The summed E-state index contributed by atoms with van der Waals surface area (Å²) in [6.07, 6.45) is -0.449.